The molecule has 2 aromatic heterocycles. The summed E-state index contributed by atoms with van der Waals surface area (Å²) in [6, 6.07) is 0. The summed E-state index contributed by atoms with van der Waals surface area (Å²) in [4.78, 5) is 22.1. The van der Waals surface area contributed by atoms with Crippen LogP contribution in [0, 0.1) is 0 Å². The highest BCUT2D eigenvalue weighted by molar-refractivity contribution is 6.28. The Bertz CT molecular complexity index is 573. The van der Waals surface area contributed by atoms with Crippen LogP contribution in [-0.4, -0.2) is 19.5 Å². The second-order valence-corrected chi connectivity index (χ2v) is 3.85. The van der Waals surface area contributed by atoms with E-state index in [0.29, 0.717) is 17.7 Å². The maximum Gasteiger partial charge on any atom is 0.327 e. The van der Waals surface area contributed by atoms with E-state index in [1.54, 1.807) is 0 Å². The number of hydrogen-bond donors (Lipinski definition) is 2. The fraction of sp³-hybridized carbons (Fsp3) is 0.444. The quantitative estimate of drug-likeness (QED) is 0.789. The molecule has 0 spiro atoms. The predicted molar refractivity (Wildman–Crippen MR) is 62.5 cm³/mol. The summed E-state index contributed by atoms with van der Waals surface area (Å²) in [5, 5.41) is 0.0502. The summed E-state index contributed by atoms with van der Waals surface area (Å²) >= 11 is 5.71. The van der Waals surface area contributed by atoms with Gasteiger partial charge in [0.15, 0.2) is 11.5 Å². The van der Waals surface area contributed by atoms with Crippen molar-refractivity contribution in [2.75, 3.05) is 5.73 Å². The van der Waals surface area contributed by atoms with Gasteiger partial charge in [0.05, 0.1) is 0 Å². The standard InChI is InChI=1S/C9H12ClN5O/c1-2-3-4-15-7-5(12-9(15)16)6(11)13-8(10)14-7/h2-4H2,1H3,(H,12,16)(H2,11,13,14). The predicted octanol–water partition coefficient (Wildman–Crippen LogP) is 1.16. The van der Waals surface area contributed by atoms with Crippen LogP contribution in [0.5, 0.6) is 0 Å². The molecule has 0 aromatic carbocycles. The number of aryl methyl sites for hydroxylation is 1. The third kappa shape index (κ3) is 1.76. The average molecular weight is 242 g/mol. The number of nitrogen functional groups attached to an aromatic ring is 1. The zero-order chi connectivity index (χ0) is 11.7. The molecule has 0 amide bonds. The van der Waals surface area contributed by atoms with Gasteiger partial charge in [-0.2, -0.15) is 9.97 Å². The van der Waals surface area contributed by atoms with E-state index in [-0.39, 0.29) is 16.8 Å². The van der Waals surface area contributed by atoms with E-state index in [4.69, 9.17) is 17.3 Å². The van der Waals surface area contributed by atoms with E-state index in [2.05, 4.69) is 21.9 Å². The summed E-state index contributed by atoms with van der Waals surface area (Å²) in [6.45, 7) is 2.65. The molecule has 6 nitrogen and oxygen atoms in total. The number of imidazole rings is 1. The van der Waals surface area contributed by atoms with Crippen molar-refractivity contribution in [2.45, 2.75) is 26.3 Å². The molecular weight excluding hydrogens is 230 g/mol. The third-order valence-electron chi connectivity index (χ3n) is 2.36. The first-order valence-corrected chi connectivity index (χ1v) is 5.42. The maximum absolute atomic E-state index is 11.6. The number of nitrogens with one attached hydrogen (secondary N) is 1. The molecule has 86 valence electrons. The van der Waals surface area contributed by atoms with Gasteiger partial charge in [0.2, 0.25) is 5.28 Å². The lowest BCUT2D eigenvalue weighted by molar-refractivity contribution is 0.625. The number of aromatic nitrogens is 4. The number of nitrogens with zero attached hydrogens (tertiary/aromatic N) is 3. The van der Waals surface area contributed by atoms with Gasteiger partial charge in [-0.15, -0.1) is 0 Å². The highest BCUT2D eigenvalue weighted by Crippen LogP contribution is 2.16. The van der Waals surface area contributed by atoms with Gasteiger partial charge in [-0.1, -0.05) is 13.3 Å². The Labute approximate surface area is 96.5 Å². The molecule has 0 saturated heterocycles. The molecule has 0 bridgehead atoms. The van der Waals surface area contributed by atoms with Crippen LogP contribution in [0.3, 0.4) is 0 Å². The van der Waals surface area contributed by atoms with Crippen LogP contribution in [0.2, 0.25) is 5.28 Å². The number of nitrogens with two attached hydrogens (primary N) is 1. The van der Waals surface area contributed by atoms with Gasteiger partial charge < -0.3 is 10.7 Å². The topological polar surface area (TPSA) is 89.6 Å². The first kappa shape index (κ1) is 10.9. The zero-order valence-corrected chi connectivity index (χ0v) is 9.58. The van der Waals surface area contributed by atoms with Crippen molar-refractivity contribution in [1.29, 1.82) is 0 Å². The maximum atomic E-state index is 11.6. The van der Waals surface area contributed by atoms with Crippen molar-refractivity contribution in [2.24, 2.45) is 0 Å². The SMILES string of the molecule is CCCCn1c(=O)[nH]c2c(N)nc(Cl)nc21. The number of H-pyrrole nitrogens is 1. The molecule has 2 heterocycles. The van der Waals surface area contributed by atoms with Crippen LogP contribution in [0.4, 0.5) is 5.82 Å². The van der Waals surface area contributed by atoms with Gasteiger partial charge in [0.1, 0.15) is 5.52 Å². The Hall–Kier alpha value is -1.56. The average Bonchev–Trinajstić information content (AvgIpc) is 2.53. The Morgan fingerprint density at radius 3 is 2.94 bits per heavy atom. The molecule has 0 saturated carbocycles. The van der Waals surface area contributed by atoms with Crippen LogP contribution < -0.4 is 11.4 Å². The molecule has 0 fully saturated rings. The third-order valence-corrected chi connectivity index (χ3v) is 2.53. The largest absolute Gasteiger partial charge is 0.382 e. The van der Waals surface area contributed by atoms with Crippen molar-refractivity contribution < 1.29 is 0 Å². The van der Waals surface area contributed by atoms with Crippen molar-refractivity contribution in [1.82, 2.24) is 19.5 Å². The van der Waals surface area contributed by atoms with Crippen molar-refractivity contribution in [3.05, 3.63) is 15.8 Å². The number of halogens is 1. The van der Waals surface area contributed by atoms with Gasteiger partial charge in [-0.25, -0.2) is 4.79 Å². The molecule has 0 aliphatic heterocycles. The molecule has 0 aliphatic rings. The first-order valence-electron chi connectivity index (χ1n) is 5.05. The molecule has 0 atom stereocenters. The smallest absolute Gasteiger partial charge is 0.327 e. The molecule has 7 heteroatoms. The molecule has 0 radical (unpaired) electrons. The van der Waals surface area contributed by atoms with E-state index in [1.165, 1.54) is 4.57 Å². The van der Waals surface area contributed by atoms with Gasteiger partial charge >= 0.3 is 5.69 Å². The Kier molecular flexibility index (Phi) is 2.82. The second-order valence-electron chi connectivity index (χ2n) is 3.51. The van der Waals surface area contributed by atoms with Crippen molar-refractivity contribution in [3.8, 4) is 0 Å². The van der Waals surface area contributed by atoms with Crippen LogP contribution in [0.15, 0.2) is 4.79 Å². The zero-order valence-electron chi connectivity index (χ0n) is 8.83. The van der Waals surface area contributed by atoms with E-state index < -0.39 is 0 Å². The fourth-order valence-electron chi connectivity index (χ4n) is 1.55. The van der Waals surface area contributed by atoms with Crippen LogP contribution in [0.25, 0.3) is 11.2 Å². The molecule has 0 aliphatic carbocycles. The lowest BCUT2D eigenvalue weighted by Crippen LogP contribution is -2.17. The first-order chi connectivity index (χ1) is 7.63. The summed E-state index contributed by atoms with van der Waals surface area (Å²) in [7, 11) is 0. The van der Waals surface area contributed by atoms with E-state index in [0.717, 1.165) is 12.8 Å². The second kappa shape index (κ2) is 4.13. The molecule has 3 N–H and O–H groups in total. The molecule has 0 unspecified atom stereocenters. The van der Waals surface area contributed by atoms with Crippen molar-refractivity contribution >= 4 is 28.6 Å². The van der Waals surface area contributed by atoms with E-state index in [1.807, 2.05) is 0 Å². The lowest BCUT2D eigenvalue weighted by atomic mass is 10.3. The minimum atomic E-state index is -0.230. The van der Waals surface area contributed by atoms with E-state index in [9.17, 15) is 4.79 Å². The molecule has 16 heavy (non-hydrogen) atoms. The molecule has 2 rings (SSSR count). The van der Waals surface area contributed by atoms with Gasteiger partial charge in [0.25, 0.3) is 0 Å². The number of fused-ring (bicyclic) bond motifs is 1. The summed E-state index contributed by atoms with van der Waals surface area (Å²) in [5.41, 5.74) is 6.34. The Morgan fingerprint density at radius 1 is 1.50 bits per heavy atom. The molecular formula is C9H12ClN5O. The minimum absolute atomic E-state index is 0.0502. The number of anilines is 1. The van der Waals surface area contributed by atoms with E-state index >= 15 is 0 Å². The normalized spacial score (nSPS) is 11.1. The highest BCUT2D eigenvalue weighted by Gasteiger charge is 2.12. The lowest BCUT2D eigenvalue weighted by Gasteiger charge is -2.01. The van der Waals surface area contributed by atoms with Crippen LogP contribution in [-0.2, 0) is 6.54 Å². The number of aromatic amines is 1. The van der Waals surface area contributed by atoms with Crippen molar-refractivity contribution in [3.63, 3.8) is 0 Å². The summed E-state index contributed by atoms with van der Waals surface area (Å²) in [6.07, 6.45) is 1.89. The number of hydrogen-bond acceptors (Lipinski definition) is 4. The van der Waals surface area contributed by atoms with Gasteiger partial charge in [0, 0.05) is 6.54 Å². The Balaban J connectivity index is 2.64. The van der Waals surface area contributed by atoms with Gasteiger partial charge in [-0.3, -0.25) is 4.57 Å². The number of rotatable bonds is 3. The van der Waals surface area contributed by atoms with Crippen LogP contribution >= 0.6 is 11.6 Å². The number of unbranched alkanes of at least 4 members (excludes halogenated alkanes) is 1. The summed E-state index contributed by atoms with van der Waals surface area (Å²) in [5.74, 6) is 0.197. The van der Waals surface area contributed by atoms with Gasteiger partial charge in [-0.05, 0) is 18.0 Å². The minimum Gasteiger partial charge on any atom is -0.382 e. The highest BCUT2D eigenvalue weighted by atomic mass is 35.5. The summed E-state index contributed by atoms with van der Waals surface area (Å²) < 4.78 is 1.53. The fourth-order valence-corrected chi connectivity index (χ4v) is 1.72. The monoisotopic (exact) mass is 241 g/mol. The van der Waals surface area contributed by atoms with Crippen LogP contribution in [0.1, 0.15) is 19.8 Å². The Morgan fingerprint density at radius 2 is 2.25 bits per heavy atom. The molecule has 2 aromatic rings.